The molecule has 0 saturated carbocycles. The van der Waals surface area contributed by atoms with Crippen molar-refractivity contribution in [2.24, 2.45) is 7.05 Å². The molecule has 1 aromatic heterocycles. The molecule has 1 unspecified atom stereocenters. The number of hydrogen-bond acceptors (Lipinski definition) is 0. The van der Waals surface area contributed by atoms with Gasteiger partial charge in [-0.2, -0.15) is 0 Å². The molecule has 0 spiro atoms. The van der Waals surface area contributed by atoms with Crippen LogP contribution in [0, 0.1) is 19.7 Å². The maximum atomic E-state index is 14.0. The highest BCUT2D eigenvalue weighted by molar-refractivity contribution is 6.78. The summed E-state index contributed by atoms with van der Waals surface area (Å²) in [7, 11) is 0.586. The third-order valence-corrected chi connectivity index (χ3v) is 7.74. The third-order valence-electron chi connectivity index (χ3n) is 5.43. The van der Waals surface area contributed by atoms with E-state index in [1.807, 2.05) is 6.07 Å². The third kappa shape index (κ3) is 1.97. The van der Waals surface area contributed by atoms with Crippen molar-refractivity contribution in [1.29, 1.82) is 0 Å². The van der Waals surface area contributed by atoms with Gasteiger partial charge in [0.25, 0.3) is 0 Å². The fraction of sp³-hybridized carbons (Fsp3) is 0.333. The Kier molecular flexibility index (Phi) is 3.14. The zero-order valence-corrected chi connectivity index (χ0v) is 16.3. The summed E-state index contributed by atoms with van der Waals surface area (Å²) >= 11 is 0. The molecule has 1 aliphatic carbocycles. The number of fused-ring (bicyclic) bond motifs is 5. The molecule has 0 amide bonds. The first-order valence-corrected chi connectivity index (χ1v) is 12.2. The summed E-state index contributed by atoms with van der Waals surface area (Å²) in [5, 5.41) is 1.09. The Morgan fingerprint density at radius 2 is 1.71 bits per heavy atom. The van der Waals surface area contributed by atoms with Crippen LogP contribution in [0.15, 0.2) is 30.3 Å². The number of aromatic nitrogens is 1. The molecule has 3 aromatic rings. The second kappa shape index (κ2) is 4.82. The minimum Gasteiger partial charge on any atom is -0.343 e. The minimum absolute atomic E-state index is 0.144. The maximum absolute atomic E-state index is 14.0. The van der Waals surface area contributed by atoms with E-state index >= 15 is 0 Å². The largest absolute Gasteiger partial charge is 0.343 e. The second-order valence-corrected chi connectivity index (χ2v) is 13.6. The van der Waals surface area contributed by atoms with Gasteiger partial charge in [-0.1, -0.05) is 31.3 Å². The Balaban J connectivity index is 2.21. The van der Waals surface area contributed by atoms with E-state index in [0.717, 1.165) is 10.9 Å². The molecule has 4 rings (SSSR count). The van der Waals surface area contributed by atoms with Crippen molar-refractivity contribution < 1.29 is 4.39 Å². The zero-order chi connectivity index (χ0) is 17.4. The van der Waals surface area contributed by atoms with Gasteiger partial charge < -0.3 is 4.57 Å². The van der Waals surface area contributed by atoms with Crippen molar-refractivity contribution in [3.63, 3.8) is 0 Å². The van der Waals surface area contributed by atoms with Crippen molar-refractivity contribution >= 4 is 19.0 Å². The number of nitrogens with zero attached hydrogens (tertiary/aromatic N) is 1. The SMILES string of the molecule is Cc1cc(C)c2c(c1)-c1c(c3cc(F)ccc3n1C)C2[Si](C)(C)C. The van der Waals surface area contributed by atoms with Crippen LogP contribution in [0.1, 0.15) is 27.8 Å². The Labute approximate surface area is 144 Å². The molecule has 0 N–H and O–H groups in total. The molecular weight excluding hydrogens is 313 g/mol. The normalized spacial score (nSPS) is 16.5. The quantitative estimate of drug-likeness (QED) is 0.485. The van der Waals surface area contributed by atoms with Crippen molar-refractivity contribution in [1.82, 2.24) is 4.57 Å². The van der Waals surface area contributed by atoms with Crippen LogP contribution in [0.3, 0.4) is 0 Å². The molecule has 0 aliphatic heterocycles. The van der Waals surface area contributed by atoms with Gasteiger partial charge in [0.2, 0.25) is 0 Å². The molecule has 0 bridgehead atoms. The molecule has 24 heavy (non-hydrogen) atoms. The summed E-state index contributed by atoms with van der Waals surface area (Å²) in [6, 6.07) is 9.84. The monoisotopic (exact) mass is 337 g/mol. The summed E-state index contributed by atoms with van der Waals surface area (Å²) in [4.78, 5) is 0. The van der Waals surface area contributed by atoms with Crippen molar-refractivity contribution in [2.75, 3.05) is 0 Å². The van der Waals surface area contributed by atoms with Gasteiger partial charge in [0.15, 0.2) is 0 Å². The van der Waals surface area contributed by atoms with Crippen LogP contribution in [0.5, 0.6) is 0 Å². The first-order valence-electron chi connectivity index (χ1n) is 8.59. The van der Waals surface area contributed by atoms with Crippen LogP contribution in [0.2, 0.25) is 19.6 Å². The number of hydrogen-bond donors (Lipinski definition) is 0. The van der Waals surface area contributed by atoms with E-state index < -0.39 is 8.07 Å². The Morgan fingerprint density at radius 3 is 2.38 bits per heavy atom. The molecule has 1 nitrogen and oxygen atoms in total. The zero-order valence-electron chi connectivity index (χ0n) is 15.3. The van der Waals surface area contributed by atoms with Gasteiger partial charge in [0.1, 0.15) is 5.82 Å². The lowest BCUT2D eigenvalue weighted by Crippen LogP contribution is -2.31. The average molecular weight is 338 g/mol. The minimum atomic E-state index is -1.53. The van der Waals surface area contributed by atoms with E-state index in [2.05, 4.69) is 57.2 Å². The lowest BCUT2D eigenvalue weighted by atomic mass is 9.99. The van der Waals surface area contributed by atoms with Crippen molar-refractivity contribution in [3.8, 4) is 11.3 Å². The van der Waals surface area contributed by atoms with Crippen LogP contribution in [-0.2, 0) is 7.05 Å². The summed E-state index contributed by atoms with van der Waals surface area (Å²) in [6.45, 7) is 11.7. The predicted octanol–water partition coefficient (Wildman–Crippen LogP) is 5.92. The van der Waals surface area contributed by atoms with Crippen molar-refractivity contribution in [3.05, 3.63) is 58.4 Å². The average Bonchev–Trinajstić information content (AvgIpc) is 2.93. The predicted molar refractivity (Wildman–Crippen MR) is 103 cm³/mol. The lowest BCUT2D eigenvalue weighted by Gasteiger charge is -2.28. The molecule has 1 heterocycles. The molecule has 3 heteroatoms. The van der Waals surface area contributed by atoms with Gasteiger partial charge in [-0.3, -0.25) is 0 Å². The van der Waals surface area contributed by atoms with Crippen LogP contribution < -0.4 is 0 Å². The fourth-order valence-electron chi connectivity index (χ4n) is 4.63. The lowest BCUT2D eigenvalue weighted by molar-refractivity contribution is 0.629. The molecule has 1 aliphatic rings. The molecule has 0 saturated heterocycles. The van der Waals surface area contributed by atoms with E-state index in [9.17, 15) is 4.39 Å². The number of benzene rings is 2. The fourth-order valence-corrected chi connectivity index (χ4v) is 7.04. The van der Waals surface area contributed by atoms with Gasteiger partial charge in [0, 0.05) is 29.1 Å². The highest BCUT2D eigenvalue weighted by atomic mass is 28.3. The molecule has 2 aromatic carbocycles. The van der Waals surface area contributed by atoms with Crippen molar-refractivity contribution in [2.45, 2.75) is 39.0 Å². The Morgan fingerprint density at radius 1 is 1.00 bits per heavy atom. The van der Waals surface area contributed by atoms with Gasteiger partial charge >= 0.3 is 0 Å². The van der Waals surface area contributed by atoms with E-state index in [1.54, 1.807) is 12.1 Å². The topological polar surface area (TPSA) is 4.93 Å². The smallest absolute Gasteiger partial charge is 0.123 e. The summed E-state index contributed by atoms with van der Waals surface area (Å²) in [5.41, 5.74) is 9.71. The first kappa shape index (κ1) is 15.6. The van der Waals surface area contributed by atoms with Crippen LogP contribution >= 0.6 is 0 Å². The van der Waals surface area contributed by atoms with Crippen LogP contribution in [0.25, 0.3) is 22.2 Å². The summed E-state index contributed by atoms with van der Waals surface area (Å²) < 4.78 is 16.3. The second-order valence-electron chi connectivity index (χ2n) is 8.32. The van der Waals surface area contributed by atoms with E-state index in [0.29, 0.717) is 5.54 Å². The molecule has 1 atom stereocenters. The first-order chi connectivity index (χ1) is 11.2. The molecule has 0 fully saturated rings. The highest BCUT2D eigenvalue weighted by Gasteiger charge is 2.42. The van der Waals surface area contributed by atoms with Crippen LogP contribution in [-0.4, -0.2) is 12.6 Å². The van der Waals surface area contributed by atoms with Gasteiger partial charge in [0.05, 0.1) is 13.8 Å². The number of aryl methyl sites for hydroxylation is 3. The molecule has 0 radical (unpaired) electrons. The Hall–Kier alpha value is -1.87. The van der Waals surface area contributed by atoms with Gasteiger partial charge in [-0.05, 0) is 54.8 Å². The van der Waals surface area contributed by atoms with Gasteiger partial charge in [-0.15, -0.1) is 0 Å². The summed E-state index contributed by atoms with van der Waals surface area (Å²) in [6.07, 6.45) is 0. The van der Waals surface area contributed by atoms with Gasteiger partial charge in [-0.25, -0.2) is 4.39 Å². The highest BCUT2D eigenvalue weighted by Crippen LogP contribution is 2.53. The number of rotatable bonds is 1. The number of halogens is 1. The van der Waals surface area contributed by atoms with E-state index in [4.69, 9.17) is 0 Å². The standard InChI is InChI=1S/C21H24FNSi/c1-12-9-13(2)18-16(10-12)20-19(21(18)24(4,5)6)15-11-14(22)7-8-17(15)23(20)3/h7-11,21H,1-6H3. The van der Waals surface area contributed by atoms with Crippen LogP contribution in [0.4, 0.5) is 4.39 Å². The summed E-state index contributed by atoms with van der Waals surface area (Å²) in [5.74, 6) is -0.144. The van der Waals surface area contributed by atoms with E-state index in [1.165, 1.54) is 33.5 Å². The maximum Gasteiger partial charge on any atom is 0.123 e. The molecular formula is C21H24FNSi. The Bertz CT molecular complexity index is 991. The van der Waals surface area contributed by atoms with E-state index in [-0.39, 0.29) is 5.82 Å². The molecule has 124 valence electrons.